The highest BCUT2D eigenvalue weighted by Gasteiger charge is 2.12. The van der Waals surface area contributed by atoms with Gasteiger partial charge >= 0.3 is 5.97 Å². The van der Waals surface area contributed by atoms with Crippen molar-refractivity contribution in [2.24, 2.45) is 0 Å². The average molecular weight is 401 g/mol. The first kappa shape index (κ1) is 20.8. The Bertz CT molecular complexity index is 883. The summed E-state index contributed by atoms with van der Waals surface area (Å²) in [6.07, 6.45) is 0. The Morgan fingerprint density at radius 1 is 1.00 bits per heavy atom. The molecule has 0 fully saturated rings. The lowest BCUT2D eigenvalue weighted by atomic mass is 10.1. The first-order chi connectivity index (χ1) is 13.4. The molecule has 146 valence electrons. The molecule has 2 rings (SSSR count). The minimum Gasteiger partial charge on any atom is -0.484 e. The number of hydrogen-bond donors (Lipinski definition) is 3. The van der Waals surface area contributed by atoms with Crippen molar-refractivity contribution in [2.75, 3.05) is 13.7 Å². The highest BCUT2D eigenvalue weighted by molar-refractivity contribution is 7.80. The van der Waals surface area contributed by atoms with Crippen LogP contribution in [-0.4, -0.2) is 36.6 Å². The zero-order valence-electron chi connectivity index (χ0n) is 15.3. The molecule has 9 heteroatoms. The fraction of sp³-hybridized carbons (Fsp3) is 0.158. The van der Waals surface area contributed by atoms with E-state index in [-0.39, 0.29) is 22.8 Å². The van der Waals surface area contributed by atoms with E-state index in [2.05, 4.69) is 20.9 Å². The Kier molecular flexibility index (Phi) is 7.46. The van der Waals surface area contributed by atoms with Crippen molar-refractivity contribution in [3.63, 3.8) is 0 Å². The van der Waals surface area contributed by atoms with Crippen LogP contribution in [-0.2, 0) is 9.53 Å². The Morgan fingerprint density at radius 3 is 2.36 bits per heavy atom. The predicted molar refractivity (Wildman–Crippen MR) is 106 cm³/mol. The summed E-state index contributed by atoms with van der Waals surface area (Å²) in [4.78, 5) is 35.5. The van der Waals surface area contributed by atoms with Crippen molar-refractivity contribution in [3.8, 4) is 5.75 Å². The van der Waals surface area contributed by atoms with E-state index in [1.807, 2.05) is 19.1 Å². The van der Waals surface area contributed by atoms with Crippen LogP contribution >= 0.6 is 12.2 Å². The number of ether oxygens (including phenoxy) is 2. The maximum atomic E-state index is 12.2. The van der Waals surface area contributed by atoms with Gasteiger partial charge < -0.3 is 9.47 Å². The van der Waals surface area contributed by atoms with E-state index < -0.39 is 17.8 Å². The van der Waals surface area contributed by atoms with Gasteiger partial charge in [0.2, 0.25) is 0 Å². The van der Waals surface area contributed by atoms with Gasteiger partial charge in [0.1, 0.15) is 5.75 Å². The molecule has 0 heterocycles. The minimum absolute atomic E-state index is 0.114. The zero-order valence-corrected chi connectivity index (χ0v) is 16.1. The second-order valence-electron chi connectivity index (χ2n) is 5.63. The first-order valence-electron chi connectivity index (χ1n) is 8.17. The maximum Gasteiger partial charge on any atom is 0.337 e. The molecule has 3 N–H and O–H groups in total. The lowest BCUT2D eigenvalue weighted by Crippen LogP contribution is -2.49. The van der Waals surface area contributed by atoms with Gasteiger partial charge in [0, 0.05) is 5.56 Å². The SMILES string of the molecule is COC(=O)c1cccc(C(=O)NC(=S)NNC(=O)COc2ccc(C)cc2)c1. The molecule has 0 aromatic heterocycles. The second kappa shape index (κ2) is 10.0. The highest BCUT2D eigenvalue weighted by atomic mass is 32.1. The number of esters is 1. The van der Waals surface area contributed by atoms with Crippen LogP contribution < -0.4 is 20.9 Å². The van der Waals surface area contributed by atoms with Crippen LogP contribution in [0.1, 0.15) is 26.3 Å². The first-order valence-corrected chi connectivity index (χ1v) is 8.58. The second-order valence-corrected chi connectivity index (χ2v) is 6.04. The quantitative estimate of drug-likeness (QED) is 0.396. The number of amides is 2. The molecule has 0 unspecified atom stereocenters. The summed E-state index contributed by atoms with van der Waals surface area (Å²) in [6.45, 7) is 1.72. The van der Waals surface area contributed by atoms with Gasteiger partial charge in [-0.25, -0.2) is 4.79 Å². The third kappa shape index (κ3) is 6.36. The van der Waals surface area contributed by atoms with Crippen LogP contribution in [0.3, 0.4) is 0 Å². The van der Waals surface area contributed by atoms with E-state index >= 15 is 0 Å². The molecule has 0 aliphatic heterocycles. The number of methoxy groups -OCH3 is 1. The fourth-order valence-corrected chi connectivity index (χ4v) is 2.20. The zero-order chi connectivity index (χ0) is 20.5. The average Bonchev–Trinajstić information content (AvgIpc) is 2.71. The number of hydrogen-bond acceptors (Lipinski definition) is 6. The Labute approximate surface area is 167 Å². The molecule has 0 aliphatic carbocycles. The molecule has 0 saturated heterocycles. The van der Waals surface area contributed by atoms with Crippen LogP contribution in [0.2, 0.25) is 0 Å². The van der Waals surface area contributed by atoms with Crippen molar-refractivity contribution in [1.29, 1.82) is 0 Å². The summed E-state index contributed by atoms with van der Waals surface area (Å²) in [6, 6.07) is 13.2. The largest absolute Gasteiger partial charge is 0.484 e. The number of aryl methyl sites for hydroxylation is 1. The summed E-state index contributed by atoms with van der Waals surface area (Å²) >= 11 is 4.96. The van der Waals surface area contributed by atoms with Crippen molar-refractivity contribution < 1.29 is 23.9 Å². The molecule has 0 spiro atoms. The lowest BCUT2D eigenvalue weighted by molar-refractivity contribution is -0.123. The van der Waals surface area contributed by atoms with Gasteiger partial charge in [-0.3, -0.25) is 25.8 Å². The monoisotopic (exact) mass is 401 g/mol. The van der Waals surface area contributed by atoms with E-state index in [0.717, 1.165) is 5.56 Å². The molecule has 2 aromatic carbocycles. The van der Waals surface area contributed by atoms with Crippen LogP contribution in [0.25, 0.3) is 0 Å². The number of carbonyl (C=O) groups is 3. The van der Waals surface area contributed by atoms with Crippen molar-refractivity contribution in [2.45, 2.75) is 6.92 Å². The molecule has 8 nitrogen and oxygen atoms in total. The number of thiocarbonyl (C=S) groups is 1. The smallest absolute Gasteiger partial charge is 0.337 e. The highest BCUT2D eigenvalue weighted by Crippen LogP contribution is 2.10. The number of nitrogens with one attached hydrogen (secondary N) is 3. The molecular formula is C19H19N3O5S. The summed E-state index contributed by atoms with van der Waals surface area (Å²) in [5.41, 5.74) is 6.24. The number of carbonyl (C=O) groups excluding carboxylic acids is 3. The summed E-state index contributed by atoms with van der Waals surface area (Å²) in [5.74, 6) is -1.03. The molecule has 0 bridgehead atoms. The van der Waals surface area contributed by atoms with Gasteiger partial charge in [0.25, 0.3) is 11.8 Å². The standard InChI is InChI=1S/C19H19N3O5S/c1-12-6-8-15(9-7-12)27-11-16(23)21-22-19(28)20-17(24)13-4-3-5-14(10-13)18(25)26-2/h3-10H,11H2,1-2H3,(H,21,23)(H2,20,22,24,28). The van der Waals surface area contributed by atoms with Crippen LogP contribution in [0, 0.1) is 6.92 Å². The maximum absolute atomic E-state index is 12.2. The van der Waals surface area contributed by atoms with Crippen LogP contribution in [0.15, 0.2) is 48.5 Å². The van der Waals surface area contributed by atoms with Crippen LogP contribution in [0.5, 0.6) is 5.75 Å². The third-order valence-corrected chi connectivity index (χ3v) is 3.68. The molecular weight excluding hydrogens is 382 g/mol. The van der Waals surface area contributed by atoms with Gasteiger partial charge in [-0.2, -0.15) is 0 Å². The molecule has 0 aliphatic rings. The van der Waals surface area contributed by atoms with Crippen molar-refractivity contribution >= 4 is 35.1 Å². The van der Waals surface area contributed by atoms with E-state index in [9.17, 15) is 14.4 Å². The van der Waals surface area contributed by atoms with E-state index in [4.69, 9.17) is 17.0 Å². The number of rotatable bonds is 5. The van der Waals surface area contributed by atoms with Crippen molar-refractivity contribution in [1.82, 2.24) is 16.2 Å². The van der Waals surface area contributed by atoms with Gasteiger partial charge in [-0.15, -0.1) is 0 Å². The van der Waals surface area contributed by atoms with E-state index in [1.54, 1.807) is 18.2 Å². The molecule has 0 radical (unpaired) electrons. The summed E-state index contributed by atoms with van der Waals surface area (Å²) in [7, 11) is 1.25. The van der Waals surface area contributed by atoms with Gasteiger partial charge in [0.05, 0.1) is 12.7 Å². The van der Waals surface area contributed by atoms with Gasteiger partial charge in [0.15, 0.2) is 11.7 Å². The van der Waals surface area contributed by atoms with Crippen molar-refractivity contribution in [3.05, 3.63) is 65.2 Å². The molecule has 0 saturated carbocycles. The van der Waals surface area contributed by atoms with Gasteiger partial charge in [-0.1, -0.05) is 23.8 Å². The van der Waals surface area contributed by atoms with Crippen LogP contribution in [0.4, 0.5) is 0 Å². The molecule has 2 amide bonds. The third-order valence-electron chi connectivity index (χ3n) is 3.48. The molecule has 2 aromatic rings. The fourth-order valence-electron chi connectivity index (χ4n) is 2.06. The topological polar surface area (TPSA) is 106 Å². The minimum atomic E-state index is -0.559. The summed E-state index contributed by atoms with van der Waals surface area (Å²) < 4.78 is 9.93. The van der Waals surface area contributed by atoms with E-state index in [1.165, 1.54) is 25.3 Å². The van der Waals surface area contributed by atoms with Gasteiger partial charge in [-0.05, 0) is 49.5 Å². The predicted octanol–water partition coefficient (Wildman–Crippen LogP) is 1.50. The molecule has 28 heavy (non-hydrogen) atoms. The molecule has 0 atom stereocenters. The number of benzene rings is 2. The Balaban J connectivity index is 1.78. The Hall–Kier alpha value is -3.46. The lowest BCUT2D eigenvalue weighted by Gasteiger charge is -2.11. The van der Waals surface area contributed by atoms with E-state index in [0.29, 0.717) is 5.75 Å². The number of hydrazine groups is 1. The normalized spacial score (nSPS) is 9.79. The summed E-state index contributed by atoms with van der Waals surface area (Å²) in [5, 5.41) is 2.28. The Morgan fingerprint density at radius 2 is 1.68 bits per heavy atom.